The molecule has 0 fully saturated rings. The lowest BCUT2D eigenvalue weighted by atomic mass is 9.74. The van der Waals surface area contributed by atoms with Gasteiger partial charge in [0, 0.05) is 29.0 Å². The van der Waals surface area contributed by atoms with Gasteiger partial charge in [0.2, 0.25) is 5.89 Å². The molecule has 30 heavy (non-hydrogen) atoms. The summed E-state index contributed by atoms with van der Waals surface area (Å²) in [7, 11) is 0. The van der Waals surface area contributed by atoms with Crippen LogP contribution in [0.15, 0.2) is 45.6 Å². The number of ether oxygens (including phenoxy) is 1. The van der Waals surface area contributed by atoms with Gasteiger partial charge in [-0.25, -0.2) is 18.8 Å². The summed E-state index contributed by atoms with van der Waals surface area (Å²) in [5, 5.41) is 0.424. The average molecular weight is 448 g/mol. The first kappa shape index (κ1) is 20.6. The Kier molecular flexibility index (Phi) is 5.00. The van der Waals surface area contributed by atoms with E-state index in [0.717, 1.165) is 6.08 Å². The maximum absolute atomic E-state index is 14.7. The molecule has 2 aliphatic rings. The minimum atomic E-state index is -4.81. The molecule has 0 radical (unpaired) electrons. The van der Waals surface area contributed by atoms with Crippen molar-refractivity contribution >= 4 is 34.3 Å². The Balaban J connectivity index is 1.69. The maximum atomic E-state index is 14.7. The monoisotopic (exact) mass is 447 g/mol. The third-order valence-electron chi connectivity index (χ3n) is 5.21. The van der Waals surface area contributed by atoms with Crippen LogP contribution in [0.4, 0.5) is 22.0 Å². The van der Waals surface area contributed by atoms with E-state index in [4.69, 9.17) is 21.8 Å². The van der Waals surface area contributed by atoms with Crippen LogP contribution >= 0.6 is 11.6 Å². The summed E-state index contributed by atoms with van der Waals surface area (Å²) in [6.45, 7) is -1.36. The van der Waals surface area contributed by atoms with Crippen LogP contribution in [-0.4, -0.2) is 35.5 Å². The van der Waals surface area contributed by atoms with Crippen molar-refractivity contribution in [3.8, 4) is 0 Å². The Morgan fingerprint density at radius 1 is 1.27 bits per heavy atom. The highest BCUT2D eigenvalue weighted by Crippen LogP contribution is 2.46. The highest BCUT2D eigenvalue weighted by molar-refractivity contribution is 6.31. The number of fused-ring (bicyclic) bond motifs is 1. The van der Waals surface area contributed by atoms with E-state index >= 15 is 0 Å². The molecule has 2 aromatic rings. The molecule has 3 atom stereocenters. The average Bonchev–Trinajstić information content (AvgIpc) is 3.10. The number of alkyl halides is 4. The second-order valence-corrected chi connectivity index (χ2v) is 7.61. The molecule has 3 unspecified atom stereocenters. The van der Waals surface area contributed by atoms with Crippen LogP contribution in [0.2, 0.25) is 5.02 Å². The summed E-state index contributed by atoms with van der Waals surface area (Å²) in [4.78, 5) is 8.07. The number of allylic oxidation sites excluding steroid dienone is 3. The van der Waals surface area contributed by atoms with Gasteiger partial charge in [0.25, 0.3) is 6.02 Å². The van der Waals surface area contributed by atoms with Gasteiger partial charge >= 0.3 is 6.18 Å². The standard InChI is InChI=1S/C19H15ClF5N3O2/c20-10-2-4-13-14(6-10)29-16(27-13)9-1-3-12(22)11(5-9)18(8-21)7-15(19(23,24)25)30-17(26)28-18/h1-4,6,11,15H,5,7-8H2,(H2,26,28). The predicted octanol–water partition coefficient (Wildman–Crippen LogP) is 5.11. The van der Waals surface area contributed by atoms with E-state index in [-0.39, 0.29) is 12.3 Å². The molecular weight excluding hydrogens is 433 g/mol. The van der Waals surface area contributed by atoms with Gasteiger partial charge in [-0.2, -0.15) is 13.2 Å². The summed E-state index contributed by atoms with van der Waals surface area (Å²) in [6, 6.07) is 3.96. The number of hydrogen-bond acceptors (Lipinski definition) is 5. The lowest BCUT2D eigenvalue weighted by Gasteiger charge is -2.41. The lowest BCUT2D eigenvalue weighted by Crippen LogP contribution is -2.53. The number of rotatable bonds is 3. The van der Waals surface area contributed by atoms with Crippen molar-refractivity contribution < 1.29 is 31.1 Å². The molecule has 1 aromatic heterocycles. The molecule has 160 valence electrons. The number of benzene rings is 1. The summed E-state index contributed by atoms with van der Waals surface area (Å²) in [5.41, 5.74) is 4.58. The summed E-state index contributed by atoms with van der Waals surface area (Å²) in [5.74, 6) is -2.02. The molecule has 2 heterocycles. The van der Waals surface area contributed by atoms with E-state index in [0.29, 0.717) is 21.7 Å². The molecule has 1 aliphatic heterocycles. The number of amidine groups is 1. The minimum Gasteiger partial charge on any atom is -0.452 e. The number of aromatic nitrogens is 1. The van der Waals surface area contributed by atoms with E-state index in [2.05, 4.69) is 14.7 Å². The molecule has 4 rings (SSSR count). The molecule has 0 saturated heterocycles. The van der Waals surface area contributed by atoms with Crippen molar-refractivity contribution in [1.29, 1.82) is 0 Å². The highest BCUT2D eigenvalue weighted by Gasteiger charge is 2.54. The molecule has 0 spiro atoms. The quantitative estimate of drug-likeness (QED) is 0.663. The van der Waals surface area contributed by atoms with E-state index in [1.807, 2.05) is 0 Å². The molecule has 5 nitrogen and oxygen atoms in total. The van der Waals surface area contributed by atoms with Gasteiger partial charge in [-0.1, -0.05) is 17.7 Å². The molecule has 0 saturated carbocycles. The zero-order valence-electron chi connectivity index (χ0n) is 15.2. The van der Waals surface area contributed by atoms with Gasteiger partial charge in [-0.15, -0.1) is 0 Å². The van der Waals surface area contributed by atoms with Crippen LogP contribution in [0.3, 0.4) is 0 Å². The molecule has 1 aromatic carbocycles. The SMILES string of the molecule is NC1=NC(CF)(C2CC(c3nc4ccc(Cl)cc4o3)=CC=C2F)CC(C(F)(F)F)O1. The van der Waals surface area contributed by atoms with Crippen LogP contribution in [0.1, 0.15) is 18.7 Å². The Hall–Kier alpha value is -2.62. The van der Waals surface area contributed by atoms with Crippen LogP contribution in [0.5, 0.6) is 0 Å². The van der Waals surface area contributed by atoms with Gasteiger partial charge in [0.1, 0.15) is 23.6 Å². The number of halogens is 6. The van der Waals surface area contributed by atoms with Crippen LogP contribution in [0, 0.1) is 5.92 Å². The van der Waals surface area contributed by atoms with Crippen molar-refractivity contribution in [3.63, 3.8) is 0 Å². The van der Waals surface area contributed by atoms with Crippen LogP contribution in [-0.2, 0) is 4.74 Å². The Labute approximate surface area is 172 Å². The molecule has 2 N–H and O–H groups in total. The third-order valence-corrected chi connectivity index (χ3v) is 5.44. The Bertz CT molecular complexity index is 1080. The van der Waals surface area contributed by atoms with E-state index in [1.54, 1.807) is 18.2 Å². The van der Waals surface area contributed by atoms with Gasteiger partial charge < -0.3 is 14.9 Å². The largest absolute Gasteiger partial charge is 0.452 e. The molecule has 0 amide bonds. The van der Waals surface area contributed by atoms with Crippen LogP contribution < -0.4 is 5.73 Å². The van der Waals surface area contributed by atoms with Crippen molar-refractivity contribution in [2.45, 2.75) is 30.7 Å². The fourth-order valence-corrected chi connectivity index (χ4v) is 3.87. The summed E-state index contributed by atoms with van der Waals surface area (Å²) in [6.07, 6.45) is -5.86. The fourth-order valence-electron chi connectivity index (χ4n) is 3.70. The maximum Gasteiger partial charge on any atom is 0.425 e. The van der Waals surface area contributed by atoms with Crippen LogP contribution in [0.25, 0.3) is 16.7 Å². The smallest absolute Gasteiger partial charge is 0.425 e. The zero-order chi connectivity index (χ0) is 21.7. The number of aliphatic imine (C=N–C) groups is 1. The second-order valence-electron chi connectivity index (χ2n) is 7.17. The third kappa shape index (κ3) is 3.64. The van der Waals surface area contributed by atoms with Gasteiger partial charge in [-0.05, 0) is 24.6 Å². The molecule has 0 bridgehead atoms. The summed E-state index contributed by atoms with van der Waals surface area (Å²) < 4.78 is 78.7. The first-order chi connectivity index (χ1) is 14.1. The number of hydrogen-bond donors (Lipinski definition) is 1. The van der Waals surface area contributed by atoms with Gasteiger partial charge in [0.05, 0.1) is 0 Å². The highest BCUT2D eigenvalue weighted by atomic mass is 35.5. The van der Waals surface area contributed by atoms with Gasteiger partial charge in [0.15, 0.2) is 11.7 Å². The molecular formula is C19H15ClF5N3O2. The number of nitrogens with zero attached hydrogens (tertiary/aromatic N) is 2. The molecule has 11 heteroatoms. The zero-order valence-corrected chi connectivity index (χ0v) is 16.0. The first-order valence-corrected chi connectivity index (χ1v) is 9.26. The molecule has 1 aliphatic carbocycles. The van der Waals surface area contributed by atoms with Crippen molar-refractivity contribution in [1.82, 2.24) is 4.98 Å². The fraction of sp³-hybridized carbons (Fsp3) is 0.368. The number of nitrogens with two attached hydrogens (primary N) is 1. The van der Waals surface area contributed by atoms with E-state index in [9.17, 15) is 22.0 Å². The van der Waals surface area contributed by atoms with E-state index < -0.39 is 48.7 Å². The Morgan fingerprint density at radius 3 is 2.73 bits per heavy atom. The Morgan fingerprint density at radius 2 is 2.03 bits per heavy atom. The normalized spacial score (nSPS) is 27.3. The van der Waals surface area contributed by atoms with E-state index in [1.165, 1.54) is 6.08 Å². The number of oxazole rings is 1. The summed E-state index contributed by atoms with van der Waals surface area (Å²) >= 11 is 5.93. The topological polar surface area (TPSA) is 73.6 Å². The van der Waals surface area contributed by atoms with Gasteiger partial charge in [-0.3, -0.25) is 0 Å². The van der Waals surface area contributed by atoms with Crippen molar-refractivity contribution in [2.75, 3.05) is 6.67 Å². The van der Waals surface area contributed by atoms with Crippen molar-refractivity contribution in [3.05, 3.63) is 47.1 Å². The first-order valence-electron chi connectivity index (χ1n) is 8.89. The minimum absolute atomic E-state index is 0.131. The second kappa shape index (κ2) is 7.26. The predicted molar refractivity (Wildman–Crippen MR) is 100 cm³/mol. The lowest BCUT2D eigenvalue weighted by molar-refractivity contribution is -0.210. The van der Waals surface area contributed by atoms with Crippen molar-refractivity contribution in [2.24, 2.45) is 16.6 Å².